The van der Waals surface area contributed by atoms with E-state index in [4.69, 9.17) is 0 Å². The van der Waals surface area contributed by atoms with E-state index in [1.165, 1.54) is 29.5 Å². The summed E-state index contributed by atoms with van der Waals surface area (Å²) in [7, 11) is 0. The predicted octanol–water partition coefficient (Wildman–Crippen LogP) is 7.62. The van der Waals surface area contributed by atoms with Gasteiger partial charge in [0.05, 0.1) is 0 Å². The van der Waals surface area contributed by atoms with Crippen LogP contribution in [0.4, 0.5) is 13.2 Å². The SMILES string of the molecule is CC(F)(F)c1cc(F)ccc1-c1sc2ccccc2c1Cc1ccc(/C=C/C=O)cc1. The van der Waals surface area contributed by atoms with E-state index in [9.17, 15) is 18.0 Å². The van der Waals surface area contributed by atoms with E-state index in [2.05, 4.69) is 0 Å². The van der Waals surface area contributed by atoms with Crippen LogP contribution in [0.5, 0.6) is 0 Å². The van der Waals surface area contributed by atoms with E-state index in [-0.39, 0.29) is 5.56 Å². The average molecular weight is 436 g/mol. The zero-order valence-electron chi connectivity index (χ0n) is 16.7. The molecule has 1 nitrogen and oxygen atoms in total. The lowest BCUT2D eigenvalue weighted by Gasteiger charge is -2.16. The zero-order valence-corrected chi connectivity index (χ0v) is 17.6. The molecule has 156 valence electrons. The van der Waals surface area contributed by atoms with Crippen LogP contribution in [0.15, 0.2) is 72.8 Å². The molecule has 0 aliphatic heterocycles. The second kappa shape index (κ2) is 8.52. The van der Waals surface area contributed by atoms with Crippen molar-refractivity contribution in [2.45, 2.75) is 19.3 Å². The number of allylic oxidation sites excluding steroid dienone is 1. The number of halogens is 3. The minimum Gasteiger partial charge on any atom is -0.299 e. The van der Waals surface area contributed by atoms with Crippen molar-refractivity contribution in [1.82, 2.24) is 0 Å². The van der Waals surface area contributed by atoms with Crippen LogP contribution in [0.3, 0.4) is 0 Å². The molecule has 0 spiro atoms. The molecule has 4 rings (SSSR count). The quantitative estimate of drug-likeness (QED) is 0.224. The third-order valence-corrected chi connectivity index (χ3v) is 6.37. The van der Waals surface area contributed by atoms with Crippen molar-refractivity contribution in [2.24, 2.45) is 0 Å². The molecule has 31 heavy (non-hydrogen) atoms. The van der Waals surface area contributed by atoms with Gasteiger partial charge >= 0.3 is 0 Å². The maximum absolute atomic E-state index is 14.3. The van der Waals surface area contributed by atoms with Gasteiger partial charge in [-0.3, -0.25) is 4.79 Å². The Bertz CT molecular complexity index is 1260. The number of benzene rings is 3. The molecule has 0 fully saturated rings. The smallest absolute Gasteiger partial charge is 0.271 e. The highest BCUT2D eigenvalue weighted by Gasteiger charge is 2.30. The lowest BCUT2D eigenvalue weighted by Crippen LogP contribution is -2.09. The van der Waals surface area contributed by atoms with E-state index in [1.807, 2.05) is 48.5 Å². The maximum atomic E-state index is 14.3. The topological polar surface area (TPSA) is 17.1 Å². The Balaban J connectivity index is 1.85. The summed E-state index contributed by atoms with van der Waals surface area (Å²) >= 11 is 1.44. The molecule has 0 saturated heterocycles. The molecule has 0 saturated carbocycles. The van der Waals surface area contributed by atoms with Gasteiger partial charge in [-0.1, -0.05) is 54.6 Å². The monoisotopic (exact) mass is 436 g/mol. The van der Waals surface area contributed by atoms with Crippen LogP contribution in [0.25, 0.3) is 26.6 Å². The molecule has 3 aromatic carbocycles. The number of hydrogen-bond acceptors (Lipinski definition) is 2. The highest BCUT2D eigenvalue weighted by atomic mass is 32.1. The van der Waals surface area contributed by atoms with Gasteiger partial charge in [0.25, 0.3) is 5.92 Å². The van der Waals surface area contributed by atoms with Gasteiger partial charge < -0.3 is 0 Å². The standard InChI is InChI=1S/C26H19F3OS/c1-26(28,29)23-16-19(27)12-13-21(23)25-22(20-6-2-3-7-24(20)31-25)15-18-10-8-17(9-11-18)5-4-14-30/h2-14,16H,15H2,1H3/b5-4+. The molecular weight excluding hydrogens is 417 g/mol. The van der Waals surface area contributed by atoms with Crippen LogP contribution in [-0.4, -0.2) is 6.29 Å². The van der Waals surface area contributed by atoms with Crippen LogP contribution in [0.2, 0.25) is 0 Å². The number of hydrogen-bond donors (Lipinski definition) is 0. The van der Waals surface area contributed by atoms with Crippen molar-refractivity contribution in [3.8, 4) is 10.4 Å². The number of alkyl halides is 2. The summed E-state index contributed by atoms with van der Waals surface area (Å²) in [4.78, 5) is 11.2. The first kappa shape index (κ1) is 21.1. The Morgan fingerprint density at radius 2 is 1.74 bits per heavy atom. The Labute approximate surface area is 182 Å². The number of fused-ring (bicyclic) bond motifs is 1. The van der Waals surface area contributed by atoms with Gasteiger partial charge in [-0.15, -0.1) is 11.3 Å². The lowest BCUT2D eigenvalue weighted by atomic mass is 9.94. The van der Waals surface area contributed by atoms with Gasteiger partial charge in [-0.25, -0.2) is 13.2 Å². The Morgan fingerprint density at radius 3 is 2.45 bits per heavy atom. The summed E-state index contributed by atoms with van der Waals surface area (Å²) in [6.45, 7) is 0.795. The molecule has 0 radical (unpaired) electrons. The van der Waals surface area contributed by atoms with E-state index < -0.39 is 11.7 Å². The third-order valence-electron chi connectivity index (χ3n) is 5.13. The highest BCUT2D eigenvalue weighted by Crippen LogP contribution is 2.44. The van der Waals surface area contributed by atoms with Gasteiger partial charge in [0.1, 0.15) is 12.1 Å². The van der Waals surface area contributed by atoms with Crippen molar-refractivity contribution < 1.29 is 18.0 Å². The van der Waals surface area contributed by atoms with E-state index >= 15 is 0 Å². The number of aldehydes is 1. The highest BCUT2D eigenvalue weighted by molar-refractivity contribution is 7.22. The van der Waals surface area contributed by atoms with Gasteiger partial charge in [-0.05, 0) is 52.8 Å². The van der Waals surface area contributed by atoms with Crippen molar-refractivity contribution >= 4 is 33.8 Å². The normalized spacial score (nSPS) is 12.0. The van der Waals surface area contributed by atoms with Crippen LogP contribution in [0.1, 0.15) is 29.2 Å². The van der Waals surface area contributed by atoms with Gasteiger partial charge in [0.15, 0.2) is 0 Å². The molecule has 0 aliphatic carbocycles. The third kappa shape index (κ3) is 4.47. The summed E-state index contributed by atoms with van der Waals surface area (Å²) in [6, 6.07) is 19.1. The fourth-order valence-electron chi connectivity index (χ4n) is 3.67. The fourth-order valence-corrected chi connectivity index (χ4v) is 4.93. The fraction of sp³-hybridized carbons (Fsp3) is 0.115. The molecular formula is C26H19F3OS. The summed E-state index contributed by atoms with van der Waals surface area (Å²) in [5.41, 5.74) is 2.90. The number of carbonyl (C=O) groups excluding carboxylic acids is 1. The molecule has 1 heterocycles. The molecule has 1 aromatic heterocycles. The Hall–Kier alpha value is -3.18. The van der Waals surface area contributed by atoms with E-state index in [1.54, 1.807) is 6.08 Å². The molecule has 0 aliphatic rings. The maximum Gasteiger partial charge on any atom is 0.271 e. The largest absolute Gasteiger partial charge is 0.299 e. The van der Waals surface area contributed by atoms with Crippen LogP contribution in [0, 0.1) is 5.82 Å². The molecule has 0 unspecified atom stereocenters. The summed E-state index contributed by atoms with van der Waals surface area (Å²) in [5, 5.41) is 1.00. The van der Waals surface area contributed by atoms with Crippen molar-refractivity contribution in [1.29, 1.82) is 0 Å². The summed E-state index contributed by atoms with van der Waals surface area (Å²) < 4.78 is 43.5. The van der Waals surface area contributed by atoms with Crippen molar-refractivity contribution in [3.05, 3.63) is 101 Å². The van der Waals surface area contributed by atoms with E-state index in [0.717, 1.165) is 50.9 Å². The molecule has 4 aromatic rings. The summed E-state index contributed by atoms with van der Waals surface area (Å²) in [5.74, 6) is -3.85. The van der Waals surface area contributed by atoms with Gasteiger partial charge in [0.2, 0.25) is 0 Å². The van der Waals surface area contributed by atoms with E-state index in [0.29, 0.717) is 12.0 Å². The second-order valence-corrected chi connectivity index (χ2v) is 8.45. The minimum atomic E-state index is -3.17. The molecule has 0 atom stereocenters. The molecule has 0 N–H and O–H groups in total. The Kier molecular flexibility index (Phi) is 5.79. The molecule has 0 bridgehead atoms. The van der Waals surface area contributed by atoms with Crippen molar-refractivity contribution in [3.63, 3.8) is 0 Å². The van der Waals surface area contributed by atoms with Gasteiger partial charge in [0, 0.05) is 27.6 Å². The first-order valence-corrected chi connectivity index (χ1v) is 10.6. The minimum absolute atomic E-state index is 0.311. The van der Waals surface area contributed by atoms with Crippen LogP contribution in [-0.2, 0) is 17.1 Å². The first-order valence-electron chi connectivity index (χ1n) is 9.76. The zero-order chi connectivity index (χ0) is 22.0. The first-order chi connectivity index (χ1) is 14.9. The number of carbonyl (C=O) groups is 1. The van der Waals surface area contributed by atoms with Crippen LogP contribution >= 0.6 is 11.3 Å². The average Bonchev–Trinajstić information content (AvgIpc) is 3.11. The molecule has 0 amide bonds. The second-order valence-electron chi connectivity index (χ2n) is 7.40. The number of rotatable bonds is 6. The number of thiophene rings is 1. The Morgan fingerprint density at radius 1 is 1.00 bits per heavy atom. The van der Waals surface area contributed by atoms with Crippen LogP contribution < -0.4 is 0 Å². The molecule has 5 heteroatoms. The van der Waals surface area contributed by atoms with Crippen molar-refractivity contribution in [2.75, 3.05) is 0 Å². The summed E-state index contributed by atoms with van der Waals surface area (Å²) in [6.07, 6.45) is 4.42. The predicted molar refractivity (Wildman–Crippen MR) is 121 cm³/mol. The van der Waals surface area contributed by atoms with Gasteiger partial charge in [-0.2, -0.15) is 0 Å². The lowest BCUT2D eigenvalue weighted by molar-refractivity contribution is -0.104.